The molecule has 0 aliphatic heterocycles. The third kappa shape index (κ3) is 1.61. The molecule has 1 aliphatic rings. The van der Waals surface area contributed by atoms with Crippen LogP contribution in [0.2, 0.25) is 0 Å². The first-order chi connectivity index (χ1) is 6.20. The fourth-order valence-corrected chi connectivity index (χ4v) is 2.16. The van der Waals surface area contributed by atoms with Crippen LogP contribution in [0.5, 0.6) is 0 Å². The van der Waals surface area contributed by atoms with E-state index in [9.17, 15) is 0 Å². The van der Waals surface area contributed by atoms with E-state index >= 15 is 0 Å². The van der Waals surface area contributed by atoms with Crippen molar-refractivity contribution in [3.8, 4) is 0 Å². The SMILES string of the molecule is Cc1ccccc1[C@@H]1C[C@@H]1[C@@H](C)N. The number of hydrogen-bond donors (Lipinski definition) is 1. The highest BCUT2D eigenvalue weighted by Crippen LogP contribution is 2.49. The Kier molecular flexibility index (Phi) is 2.12. The molecule has 0 amide bonds. The Hall–Kier alpha value is -0.820. The molecule has 1 heteroatoms. The normalized spacial score (nSPS) is 28.5. The number of benzene rings is 1. The van der Waals surface area contributed by atoms with Crippen LogP contribution >= 0.6 is 0 Å². The second-order valence-corrected chi connectivity index (χ2v) is 4.22. The van der Waals surface area contributed by atoms with E-state index in [0.717, 1.165) is 11.8 Å². The summed E-state index contributed by atoms with van der Waals surface area (Å²) in [6.07, 6.45) is 1.28. The lowest BCUT2D eigenvalue weighted by Crippen LogP contribution is -2.18. The van der Waals surface area contributed by atoms with Crippen molar-refractivity contribution in [2.75, 3.05) is 0 Å². The third-order valence-corrected chi connectivity index (χ3v) is 3.10. The van der Waals surface area contributed by atoms with Crippen LogP contribution in [0, 0.1) is 12.8 Å². The summed E-state index contributed by atoms with van der Waals surface area (Å²) < 4.78 is 0. The van der Waals surface area contributed by atoms with Crippen molar-refractivity contribution in [1.82, 2.24) is 0 Å². The average Bonchev–Trinajstić information content (AvgIpc) is 2.84. The van der Waals surface area contributed by atoms with Crippen molar-refractivity contribution >= 4 is 0 Å². The molecule has 0 heterocycles. The fourth-order valence-electron chi connectivity index (χ4n) is 2.16. The molecule has 1 aromatic carbocycles. The first-order valence-corrected chi connectivity index (χ1v) is 5.01. The third-order valence-electron chi connectivity index (χ3n) is 3.10. The molecule has 0 aromatic heterocycles. The van der Waals surface area contributed by atoms with E-state index in [1.165, 1.54) is 17.5 Å². The predicted octanol–water partition coefficient (Wildman–Crippen LogP) is 2.45. The fraction of sp³-hybridized carbons (Fsp3) is 0.500. The molecule has 1 aliphatic carbocycles. The van der Waals surface area contributed by atoms with E-state index in [0.29, 0.717) is 6.04 Å². The maximum absolute atomic E-state index is 5.88. The van der Waals surface area contributed by atoms with Gasteiger partial charge < -0.3 is 5.73 Å². The number of rotatable bonds is 2. The smallest absolute Gasteiger partial charge is 0.00448 e. The van der Waals surface area contributed by atoms with Gasteiger partial charge >= 0.3 is 0 Å². The molecule has 13 heavy (non-hydrogen) atoms. The minimum atomic E-state index is 0.351. The Balaban J connectivity index is 2.16. The molecule has 70 valence electrons. The van der Waals surface area contributed by atoms with Crippen molar-refractivity contribution in [1.29, 1.82) is 0 Å². The summed E-state index contributed by atoms with van der Waals surface area (Å²) in [6, 6.07) is 9.00. The Morgan fingerprint density at radius 1 is 1.38 bits per heavy atom. The zero-order valence-electron chi connectivity index (χ0n) is 8.33. The standard InChI is InChI=1S/C12H17N/c1-8-5-3-4-6-10(8)12-7-11(12)9(2)13/h3-6,9,11-12H,7,13H2,1-2H3/t9-,11-,12+/m1/s1. The van der Waals surface area contributed by atoms with Gasteiger partial charge in [-0.05, 0) is 43.2 Å². The summed E-state index contributed by atoms with van der Waals surface area (Å²) in [7, 11) is 0. The van der Waals surface area contributed by atoms with Crippen molar-refractivity contribution in [2.24, 2.45) is 11.7 Å². The van der Waals surface area contributed by atoms with Gasteiger partial charge in [0, 0.05) is 6.04 Å². The Bertz CT molecular complexity index is 304. The van der Waals surface area contributed by atoms with Crippen LogP contribution < -0.4 is 5.73 Å². The average molecular weight is 175 g/mol. The van der Waals surface area contributed by atoms with Gasteiger partial charge in [0.1, 0.15) is 0 Å². The van der Waals surface area contributed by atoms with Crippen molar-refractivity contribution in [3.63, 3.8) is 0 Å². The van der Waals surface area contributed by atoms with Gasteiger partial charge in [-0.15, -0.1) is 0 Å². The molecule has 2 N–H and O–H groups in total. The molecular formula is C12H17N. The van der Waals surface area contributed by atoms with Crippen LogP contribution in [0.15, 0.2) is 24.3 Å². The minimum absolute atomic E-state index is 0.351. The zero-order valence-corrected chi connectivity index (χ0v) is 8.33. The molecule has 1 nitrogen and oxygen atoms in total. The van der Waals surface area contributed by atoms with Crippen molar-refractivity contribution in [2.45, 2.75) is 32.2 Å². The molecule has 0 unspecified atom stereocenters. The molecule has 1 saturated carbocycles. The molecule has 3 atom stereocenters. The van der Waals surface area contributed by atoms with E-state index < -0.39 is 0 Å². The Labute approximate surface area is 80.0 Å². The molecule has 1 aromatic rings. The quantitative estimate of drug-likeness (QED) is 0.734. The largest absolute Gasteiger partial charge is 0.328 e. The predicted molar refractivity (Wildman–Crippen MR) is 55.7 cm³/mol. The lowest BCUT2D eigenvalue weighted by atomic mass is 10.0. The highest BCUT2D eigenvalue weighted by Gasteiger charge is 2.41. The summed E-state index contributed by atoms with van der Waals surface area (Å²) in [4.78, 5) is 0. The van der Waals surface area contributed by atoms with Crippen molar-refractivity contribution < 1.29 is 0 Å². The Morgan fingerprint density at radius 3 is 2.62 bits per heavy atom. The summed E-state index contributed by atoms with van der Waals surface area (Å²) in [5.41, 5.74) is 8.79. The topological polar surface area (TPSA) is 26.0 Å². The van der Waals surface area contributed by atoms with E-state index in [2.05, 4.69) is 38.1 Å². The first kappa shape index (κ1) is 8.76. The molecule has 0 spiro atoms. The summed E-state index contributed by atoms with van der Waals surface area (Å²) in [5.74, 6) is 1.46. The van der Waals surface area contributed by atoms with Crippen LogP contribution in [0.25, 0.3) is 0 Å². The molecule has 0 saturated heterocycles. The lowest BCUT2D eigenvalue weighted by Gasteiger charge is -2.06. The van der Waals surface area contributed by atoms with E-state index in [1.54, 1.807) is 0 Å². The Morgan fingerprint density at radius 2 is 2.08 bits per heavy atom. The van der Waals surface area contributed by atoms with Crippen molar-refractivity contribution in [3.05, 3.63) is 35.4 Å². The van der Waals surface area contributed by atoms with Crippen LogP contribution in [0.3, 0.4) is 0 Å². The van der Waals surface area contributed by atoms with Gasteiger partial charge in [0.05, 0.1) is 0 Å². The zero-order chi connectivity index (χ0) is 9.42. The van der Waals surface area contributed by atoms with E-state index in [1.807, 2.05) is 0 Å². The van der Waals surface area contributed by atoms with E-state index in [4.69, 9.17) is 5.73 Å². The van der Waals surface area contributed by atoms with Gasteiger partial charge in [-0.25, -0.2) is 0 Å². The van der Waals surface area contributed by atoms with Crippen LogP contribution in [0.4, 0.5) is 0 Å². The highest BCUT2D eigenvalue weighted by molar-refractivity contribution is 5.33. The maximum atomic E-state index is 5.88. The lowest BCUT2D eigenvalue weighted by molar-refractivity contribution is 0.631. The van der Waals surface area contributed by atoms with Crippen LogP contribution in [0.1, 0.15) is 30.4 Å². The highest BCUT2D eigenvalue weighted by atomic mass is 14.7. The van der Waals surface area contributed by atoms with Gasteiger partial charge in [-0.1, -0.05) is 24.3 Å². The van der Waals surface area contributed by atoms with Gasteiger partial charge in [-0.3, -0.25) is 0 Å². The van der Waals surface area contributed by atoms with E-state index in [-0.39, 0.29) is 0 Å². The maximum Gasteiger partial charge on any atom is 0.00448 e. The van der Waals surface area contributed by atoms with Gasteiger partial charge in [0.2, 0.25) is 0 Å². The number of hydrogen-bond acceptors (Lipinski definition) is 1. The van der Waals surface area contributed by atoms with Crippen LogP contribution in [-0.4, -0.2) is 6.04 Å². The van der Waals surface area contributed by atoms with Crippen LogP contribution in [-0.2, 0) is 0 Å². The molecule has 0 radical (unpaired) electrons. The number of aryl methyl sites for hydroxylation is 1. The second kappa shape index (κ2) is 3.15. The second-order valence-electron chi connectivity index (χ2n) is 4.22. The van der Waals surface area contributed by atoms with Gasteiger partial charge in [-0.2, -0.15) is 0 Å². The van der Waals surface area contributed by atoms with Gasteiger partial charge in [0.15, 0.2) is 0 Å². The summed E-state index contributed by atoms with van der Waals surface area (Å²) >= 11 is 0. The summed E-state index contributed by atoms with van der Waals surface area (Å²) in [6.45, 7) is 4.30. The van der Waals surface area contributed by atoms with Gasteiger partial charge in [0.25, 0.3) is 0 Å². The molecule has 0 bridgehead atoms. The molecular weight excluding hydrogens is 158 g/mol. The monoisotopic (exact) mass is 175 g/mol. The number of nitrogens with two attached hydrogens (primary N) is 1. The first-order valence-electron chi connectivity index (χ1n) is 5.01. The molecule has 2 rings (SSSR count). The molecule has 1 fully saturated rings. The minimum Gasteiger partial charge on any atom is -0.328 e. The summed E-state index contributed by atoms with van der Waals surface area (Å²) in [5, 5.41) is 0.